The van der Waals surface area contributed by atoms with Crippen molar-refractivity contribution in [2.45, 2.75) is 66.2 Å². The Morgan fingerprint density at radius 1 is 1.16 bits per heavy atom. The first-order valence-electron chi connectivity index (χ1n) is 12.3. The molecule has 0 aromatic carbocycles. The molecule has 6 aliphatic rings. The second-order valence-electron chi connectivity index (χ2n) is 11.9. The maximum Gasteiger partial charge on any atom is 0.311 e. The summed E-state index contributed by atoms with van der Waals surface area (Å²) in [5.41, 5.74) is 0.440. The Balaban J connectivity index is 1.67. The molecule has 174 valence electrons. The van der Waals surface area contributed by atoms with Crippen LogP contribution in [0.2, 0.25) is 0 Å². The molecular formula is C27H35ClO4. The van der Waals surface area contributed by atoms with Gasteiger partial charge in [-0.15, -0.1) is 0 Å². The lowest BCUT2D eigenvalue weighted by molar-refractivity contribution is -0.199. The molecule has 32 heavy (non-hydrogen) atoms. The van der Waals surface area contributed by atoms with E-state index in [4.69, 9.17) is 16.3 Å². The van der Waals surface area contributed by atoms with Crippen LogP contribution in [-0.2, 0) is 19.1 Å². The van der Waals surface area contributed by atoms with Crippen molar-refractivity contribution in [1.82, 2.24) is 0 Å². The van der Waals surface area contributed by atoms with Crippen molar-refractivity contribution in [3.05, 3.63) is 22.8 Å². The molecule has 6 aliphatic carbocycles. The van der Waals surface area contributed by atoms with Crippen molar-refractivity contribution in [3.63, 3.8) is 0 Å². The Labute approximate surface area is 196 Å². The molecule has 1 spiro atoms. The fourth-order valence-electron chi connectivity index (χ4n) is 9.29. The number of esters is 1. The Morgan fingerprint density at radius 3 is 2.53 bits per heavy atom. The highest BCUT2D eigenvalue weighted by Crippen LogP contribution is 2.74. The third kappa shape index (κ3) is 2.59. The highest BCUT2D eigenvalue weighted by Gasteiger charge is 2.71. The quantitative estimate of drug-likeness (QED) is 0.405. The molecule has 0 heterocycles. The first-order chi connectivity index (χ1) is 15.0. The predicted molar refractivity (Wildman–Crippen MR) is 123 cm³/mol. The number of ether oxygens (including phenoxy) is 1. The summed E-state index contributed by atoms with van der Waals surface area (Å²) in [7, 11) is 1.50. The van der Waals surface area contributed by atoms with Crippen LogP contribution in [0.1, 0.15) is 66.2 Å². The topological polar surface area (TPSA) is 60.4 Å². The van der Waals surface area contributed by atoms with Gasteiger partial charge < -0.3 is 4.74 Å². The van der Waals surface area contributed by atoms with Gasteiger partial charge in [-0.05, 0) is 68.1 Å². The number of carbonyl (C=O) groups is 3. The van der Waals surface area contributed by atoms with E-state index in [-0.39, 0.29) is 63.0 Å². The number of hydrogen-bond acceptors (Lipinski definition) is 4. The standard InChI is InChI=1S/C27H35ClO4/c1-14(2)16-13-27-10-7-19-25(3,8-6-9-26(19,4)24(31)32-5)20(27)11-15(16)21-18(29)12-17(28)23(30)22(21)27/h12-15,19-22H,6-11H2,1-5H3/t15-,19+,20+,21+,22+,25-,26-,27-/m1/s1. The normalized spacial score (nSPS) is 47.3. The van der Waals surface area contributed by atoms with Crippen molar-refractivity contribution in [2.75, 3.05) is 7.11 Å². The fourth-order valence-corrected chi connectivity index (χ4v) is 9.52. The third-order valence-electron chi connectivity index (χ3n) is 10.4. The Kier molecular flexibility index (Phi) is 4.92. The van der Waals surface area contributed by atoms with Gasteiger partial charge in [0.1, 0.15) is 0 Å². The summed E-state index contributed by atoms with van der Waals surface area (Å²) in [4.78, 5) is 39.7. The molecule has 2 bridgehead atoms. The SMILES string of the molecule is COC(=O)[C@]1(C)CCC[C@@]2(C)[C@@H]3C[C@@H]4C(C(C)C)=C[C@@]3(CC[C@@H]21)[C@@H]1C(=O)C(Cl)=CC(=O)[C@H]41. The first kappa shape index (κ1) is 22.4. The van der Waals surface area contributed by atoms with E-state index in [0.717, 1.165) is 38.5 Å². The number of halogens is 1. The number of allylic oxidation sites excluding steroid dienone is 4. The van der Waals surface area contributed by atoms with Gasteiger partial charge in [0, 0.05) is 23.3 Å². The van der Waals surface area contributed by atoms with Gasteiger partial charge in [0.25, 0.3) is 0 Å². The van der Waals surface area contributed by atoms with E-state index in [9.17, 15) is 14.4 Å². The van der Waals surface area contributed by atoms with Gasteiger partial charge in [-0.1, -0.05) is 50.4 Å². The van der Waals surface area contributed by atoms with E-state index >= 15 is 0 Å². The summed E-state index contributed by atoms with van der Waals surface area (Å²) < 4.78 is 5.29. The molecular weight excluding hydrogens is 424 g/mol. The van der Waals surface area contributed by atoms with E-state index < -0.39 is 5.41 Å². The Hall–Kier alpha value is -1.42. The van der Waals surface area contributed by atoms with Gasteiger partial charge in [-0.2, -0.15) is 0 Å². The molecule has 0 saturated heterocycles. The zero-order valence-corrected chi connectivity index (χ0v) is 20.6. The zero-order valence-electron chi connectivity index (χ0n) is 19.9. The van der Waals surface area contributed by atoms with Gasteiger partial charge >= 0.3 is 5.97 Å². The molecule has 3 saturated carbocycles. The number of methoxy groups -OCH3 is 1. The monoisotopic (exact) mass is 458 g/mol. The number of Topliss-reactive ketones (excluding diaryl/α,β-unsaturated/α-hetero) is 1. The van der Waals surface area contributed by atoms with Gasteiger partial charge in [-0.3, -0.25) is 14.4 Å². The van der Waals surface area contributed by atoms with Crippen molar-refractivity contribution in [2.24, 2.45) is 51.8 Å². The molecule has 0 aromatic heterocycles. The summed E-state index contributed by atoms with van der Waals surface area (Å²) in [5.74, 6) is 0.180. The van der Waals surface area contributed by atoms with E-state index in [1.54, 1.807) is 0 Å². The number of ketones is 2. The van der Waals surface area contributed by atoms with Crippen molar-refractivity contribution >= 4 is 29.1 Å². The van der Waals surface area contributed by atoms with Crippen molar-refractivity contribution < 1.29 is 19.1 Å². The molecule has 6 rings (SSSR count). The summed E-state index contributed by atoms with van der Waals surface area (Å²) in [5, 5.41) is 0.103. The average molecular weight is 459 g/mol. The predicted octanol–water partition coefficient (Wildman–Crippen LogP) is 5.49. The van der Waals surface area contributed by atoms with Crippen LogP contribution >= 0.6 is 11.6 Å². The lowest BCUT2D eigenvalue weighted by Crippen LogP contribution is -2.67. The van der Waals surface area contributed by atoms with Crippen LogP contribution in [0.4, 0.5) is 0 Å². The average Bonchev–Trinajstić information content (AvgIpc) is 2.75. The highest BCUT2D eigenvalue weighted by molar-refractivity contribution is 6.45. The minimum Gasteiger partial charge on any atom is -0.469 e. The fraction of sp³-hybridized carbons (Fsp3) is 0.741. The summed E-state index contributed by atoms with van der Waals surface area (Å²) in [6.07, 6.45) is 9.33. The Bertz CT molecular complexity index is 963. The van der Waals surface area contributed by atoms with Crippen LogP contribution in [0, 0.1) is 51.8 Å². The lowest BCUT2D eigenvalue weighted by Gasteiger charge is -2.69. The highest BCUT2D eigenvalue weighted by atomic mass is 35.5. The number of hydrogen-bond donors (Lipinski definition) is 0. The third-order valence-corrected chi connectivity index (χ3v) is 10.7. The molecule has 0 aromatic rings. The second kappa shape index (κ2) is 7.04. The van der Waals surface area contributed by atoms with Crippen LogP contribution in [0.25, 0.3) is 0 Å². The molecule has 8 atom stereocenters. The van der Waals surface area contributed by atoms with Gasteiger partial charge in [0.2, 0.25) is 0 Å². The molecule has 0 aliphatic heterocycles. The van der Waals surface area contributed by atoms with Crippen molar-refractivity contribution in [1.29, 1.82) is 0 Å². The van der Waals surface area contributed by atoms with E-state index in [1.807, 2.05) is 0 Å². The van der Waals surface area contributed by atoms with E-state index in [0.29, 0.717) is 5.92 Å². The zero-order chi connectivity index (χ0) is 23.2. The van der Waals surface area contributed by atoms with Gasteiger partial charge in [-0.25, -0.2) is 0 Å². The molecule has 0 unspecified atom stereocenters. The lowest BCUT2D eigenvalue weighted by atomic mass is 9.33. The maximum atomic E-state index is 13.5. The molecule has 4 nitrogen and oxygen atoms in total. The minimum atomic E-state index is -0.492. The molecule has 5 heteroatoms. The molecule has 3 fully saturated rings. The summed E-state index contributed by atoms with van der Waals surface area (Å²) >= 11 is 6.33. The largest absolute Gasteiger partial charge is 0.469 e. The first-order valence-corrected chi connectivity index (χ1v) is 12.7. The number of carbonyl (C=O) groups excluding carboxylic acids is 3. The van der Waals surface area contributed by atoms with Crippen LogP contribution in [-0.4, -0.2) is 24.6 Å². The number of fused-ring (bicyclic) bond motifs is 1. The molecule has 0 radical (unpaired) electrons. The smallest absolute Gasteiger partial charge is 0.311 e. The van der Waals surface area contributed by atoms with Crippen molar-refractivity contribution in [3.8, 4) is 0 Å². The van der Waals surface area contributed by atoms with E-state index in [2.05, 4.69) is 33.8 Å². The van der Waals surface area contributed by atoms with Crippen LogP contribution in [0.5, 0.6) is 0 Å². The number of rotatable bonds is 2. The van der Waals surface area contributed by atoms with Gasteiger partial charge in [0.15, 0.2) is 11.6 Å². The Morgan fingerprint density at radius 2 is 1.88 bits per heavy atom. The summed E-state index contributed by atoms with van der Waals surface area (Å²) in [6, 6.07) is 0. The summed E-state index contributed by atoms with van der Waals surface area (Å²) in [6.45, 7) is 8.85. The van der Waals surface area contributed by atoms with E-state index in [1.165, 1.54) is 18.8 Å². The molecule has 0 amide bonds. The maximum absolute atomic E-state index is 13.5. The van der Waals surface area contributed by atoms with Crippen LogP contribution in [0.15, 0.2) is 22.8 Å². The minimum absolute atomic E-state index is 0.0315. The van der Waals surface area contributed by atoms with Gasteiger partial charge in [0.05, 0.1) is 17.6 Å². The second-order valence-corrected chi connectivity index (χ2v) is 12.3. The molecule has 0 N–H and O–H groups in total. The van der Waals surface area contributed by atoms with Crippen LogP contribution in [0.3, 0.4) is 0 Å². The van der Waals surface area contributed by atoms with Crippen LogP contribution < -0.4 is 0 Å².